The molecule has 1 aliphatic rings. The van der Waals surface area contributed by atoms with Gasteiger partial charge in [0, 0.05) is 12.8 Å². The average molecular weight is 235 g/mol. The van der Waals surface area contributed by atoms with Crippen molar-refractivity contribution < 1.29 is 9.53 Å². The first kappa shape index (κ1) is 11.9. The van der Waals surface area contributed by atoms with Gasteiger partial charge < -0.3 is 15.4 Å². The second-order valence-corrected chi connectivity index (χ2v) is 4.18. The summed E-state index contributed by atoms with van der Waals surface area (Å²) in [5.41, 5.74) is 0.685. The molecular weight excluding hydrogens is 218 g/mol. The second-order valence-electron chi connectivity index (χ2n) is 4.18. The lowest BCUT2D eigenvalue weighted by Crippen LogP contribution is -2.42. The Morgan fingerprint density at radius 2 is 2.53 bits per heavy atom. The number of anilines is 1. The molecule has 0 bridgehead atoms. The highest BCUT2D eigenvalue weighted by Gasteiger charge is 2.23. The molecule has 0 unspecified atom stereocenters. The van der Waals surface area contributed by atoms with Crippen LogP contribution in [0.3, 0.4) is 0 Å². The third-order valence-corrected chi connectivity index (χ3v) is 2.80. The molecular formula is C12H17N3O2. The van der Waals surface area contributed by atoms with E-state index in [9.17, 15) is 4.79 Å². The van der Waals surface area contributed by atoms with Crippen molar-refractivity contribution in [1.29, 1.82) is 0 Å². The first-order valence-electron chi connectivity index (χ1n) is 5.85. The normalized spacial score (nSPS) is 20.9. The second kappa shape index (κ2) is 5.63. The quantitative estimate of drug-likeness (QED) is 0.839. The largest absolute Gasteiger partial charge is 0.376 e. The number of amides is 2. The van der Waals surface area contributed by atoms with E-state index in [4.69, 9.17) is 4.74 Å². The van der Waals surface area contributed by atoms with Gasteiger partial charge in [-0.1, -0.05) is 0 Å². The van der Waals surface area contributed by atoms with E-state index in [2.05, 4.69) is 15.6 Å². The van der Waals surface area contributed by atoms with Crippen LogP contribution in [0.15, 0.2) is 24.5 Å². The summed E-state index contributed by atoms with van der Waals surface area (Å²) >= 11 is 0. The highest BCUT2D eigenvalue weighted by Crippen LogP contribution is 2.15. The van der Waals surface area contributed by atoms with Gasteiger partial charge in [-0.15, -0.1) is 0 Å². The maximum atomic E-state index is 11.7. The number of ether oxygens (including phenoxy) is 1. The molecule has 2 atom stereocenters. The molecule has 1 fully saturated rings. The molecule has 2 N–H and O–H groups in total. The van der Waals surface area contributed by atoms with Gasteiger partial charge >= 0.3 is 6.03 Å². The SMILES string of the molecule is C[C@H](NC(=O)Nc1cccnc1)[C@H]1CCCO1. The van der Waals surface area contributed by atoms with Crippen molar-refractivity contribution in [2.75, 3.05) is 11.9 Å². The first-order chi connectivity index (χ1) is 8.25. The Balaban J connectivity index is 1.80. The third kappa shape index (κ3) is 3.42. The monoisotopic (exact) mass is 235 g/mol. The summed E-state index contributed by atoms with van der Waals surface area (Å²) in [5, 5.41) is 5.60. The molecule has 2 heterocycles. The van der Waals surface area contributed by atoms with E-state index in [-0.39, 0.29) is 18.2 Å². The van der Waals surface area contributed by atoms with Crippen LogP contribution >= 0.6 is 0 Å². The van der Waals surface area contributed by atoms with E-state index in [0.29, 0.717) is 5.69 Å². The maximum absolute atomic E-state index is 11.7. The van der Waals surface area contributed by atoms with Gasteiger partial charge in [0.1, 0.15) is 0 Å². The summed E-state index contributed by atoms with van der Waals surface area (Å²) in [5.74, 6) is 0. The molecule has 0 spiro atoms. The fourth-order valence-electron chi connectivity index (χ4n) is 1.90. The lowest BCUT2D eigenvalue weighted by atomic mass is 10.1. The minimum absolute atomic E-state index is 0.0224. The predicted octanol–water partition coefficient (Wildman–Crippen LogP) is 1.77. The van der Waals surface area contributed by atoms with E-state index >= 15 is 0 Å². The van der Waals surface area contributed by atoms with Crippen LogP contribution in [0.2, 0.25) is 0 Å². The van der Waals surface area contributed by atoms with Crippen molar-refractivity contribution in [2.24, 2.45) is 0 Å². The van der Waals surface area contributed by atoms with Gasteiger partial charge in [-0.05, 0) is 31.9 Å². The number of rotatable bonds is 3. The standard InChI is InChI=1S/C12H17N3O2/c1-9(11-5-3-7-17-11)14-12(16)15-10-4-2-6-13-8-10/h2,4,6,8-9,11H,3,5,7H2,1H3,(H2,14,15,16)/t9-,11+/m0/s1. The summed E-state index contributed by atoms with van der Waals surface area (Å²) in [4.78, 5) is 15.6. The predicted molar refractivity (Wildman–Crippen MR) is 64.8 cm³/mol. The number of nitrogens with zero attached hydrogens (tertiary/aromatic N) is 1. The molecule has 5 heteroatoms. The minimum Gasteiger partial charge on any atom is -0.376 e. The lowest BCUT2D eigenvalue weighted by molar-refractivity contribution is 0.0868. The van der Waals surface area contributed by atoms with E-state index in [1.165, 1.54) is 0 Å². The van der Waals surface area contributed by atoms with Crippen molar-refractivity contribution >= 4 is 11.7 Å². The summed E-state index contributed by atoms with van der Waals surface area (Å²) in [7, 11) is 0. The van der Waals surface area contributed by atoms with Crippen molar-refractivity contribution in [3.8, 4) is 0 Å². The molecule has 17 heavy (non-hydrogen) atoms. The topological polar surface area (TPSA) is 63.2 Å². The number of hydrogen-bond donors (Lipinski definition) is 2. The Labute approximate surface area is 101 Å². The van der Waals surface area contributed by atoms with Crippen LogP contribution < -0.4 is 10.6 Å². The molecule has 5 nitrogen and oxygen atoms in total. The van der Waals surface area contributed by atoms with Gasteiger partial charge in [0.05, 0.1) is 24.0 Å². The smallest absolute Gasteiger partial charge is 0.319 e. The maximum Gasteiger partial charge on any atom is 0.319 e. The fourth-order valence-corrected chi connectivity index (χ4v) is 1.90. The summed E-state index contributed by atoms with van der Waals surface area (Å²) in [6.45, 7) is 2.75. The zero-order valence-corrected chi connectivity index (χ0v) is 9.85. The molecule has 0 aliphatic carbocycles. The van der Waals surface area contributed by atoms with E-state index in [0.717, 1.165) is 19.4 Å². The van der Waals surface area contributed by atoms with Crippen LogP contribution in [-0.4, -0.2) is 29.8 Å². The van der Waals surface area contributed by atoms with E-state index in [1.807, 2.05) is 6.92 Å². The van der Waals surface area contributed by atoms with Crippen molar-refractivity contribution in [1.82, 2.24) is 10.3 Å². The Morgan fingerprint density at radius 1 is 1.65 bits per heavy atom. The molecule has 0 saturated carbocycles. The van der Waals surface area contributed by atoms with Crippen molar-refractivity contribution in [3.05, 3.63) is 24.5 Å². The molecule has 1 aromatic rings. The lowest BCUT2D eigenvalue weighted by Gasteiger charge is -2.20. The number of aromatic nitrogens is 1. The highest BCUT2D eigenvalue weighted by atomic mass is 16.5. The van der Waals surface area contributed by atoms with Gasteiger partial charge in [-0.25, -0.2) is 4.79 Å². The Kier molecular flexibility index (Phi) is 3.93. The van der Waals surface area contributed by atoms with E-state index < -0.39 is 0 Å². The molecule has 92 valence electrons. The molecule has 0 aromatic carbocycles. The molecule has 1 aromatic heterocycles. The number of urea groups is 1. The van der Waals surface area contributed by atoms with Crippen LogP contribution in [0.4, 0.5) is 10.5 Å². The Morgan fingerprint density at radius 3 is 3.18 bits per heavy atom. The van der Waals surface area contributed by atoms with Gasteiger partial charge in [-0.2, -0.15) is 0 Å². The zero-order chi connectivity index (χ0) is 12.1. The summed E-state index contributed by atoms with van der Waals surface area (Å²) in [6.07, 6.45) is 5.48. The fraction of sp³-hybridized carbons (Fsp3) is 0.500. The third-order valence-electron chi connectivity index (χ3n) is 2.80. The van der Waals surface area contributed by atoms with Crippen LogP contribution in [0, 0.1) is 0 Å². The van der Waals surface area contributed by atoms with Crippen molar-refractivity contribution in [3.63, 3.8) is 0 Å². The number of carbonyl (C=O) groups is 1. The molecule has 2 rings (SSSR count). The molecule has 1 saturated heterocycles. The average Bonchev–Trinajstić information content (AvgIpc) is 2.83. The first-order valence-corrected chi connectivity index (χ1v) is 5.85. The Hall–Kier alpha value is -1.62. The summed E-state index contributed by atoms with van der Waals surface area (Å²) < 4.78 is 5.51. The van der Waals surface area contributed by atoms with Gasteiger partial charge in [0.2, 0.25) is 0 Å². The molecule has 2 amide bonds. The summed E-state index contributed by atoms with van der Waals surface area (Å²) in [6, 6.07) is 3.37. The Bertz CT molecular complexity index is 363. The van der Waals surface area contributed by atoms with Crippen LogP contribution in [0.25, 0.3) is 0 Å². The highest BCUT2D eigenvalue weighted by molar-refractivity contribution is 5.89. The van der Waals surface area contributed by atoms with Gasteiger partial charge in [0.25, 0.3) is 0 Å². The molecule has 0 radical (unpaired) electrons. The number of hydrogen-bond acceptors (Lipinski definition) is 3. The van der Waals surface area contributed by atoms with Crippen LogP contribution in [0.1, 0.15) is 19.8 Å². The van der Waals surface area contributed by atoms with Gasteiger partial charge in [0.15, 0.2) is 0 Å². The number of pyridine rings is 1. The minimum atomic E-state index is -0.221. The molecule has 1 aliphatic heterocycles. The van der Waals surface area contributed by atoms with Crippen LogP contribution in [0.5, 0.6) is 0 Å². The van der Waals surface area contributed by atoms with Gasteiger partial charge in [-0.3, -0.25) is 4.98 Å². The number of nitrogens with one attached hydrogen (secondary N) is 2. The number of carbonyl (C=O) groups excluding carboxylic acids is 1. The van der Waals surface area contributed by atoms with Crippen molar-refractivity contribution in [2.45, 2.75) is 31.9 Å². The van der Waals surface area contributed by atoms with Crippen LogP contribution in [-0.2, 0) is 4.74 Å². The zero-order valence-electron chi connectivity index (χ0n) is 9.85. The van der Waals surface area contributed by atoms with E-state index in [1.54, 1.807) is 24.5 Å².